The third-order valence-electron chi connectivity index (χ3n) is 3.27. The molecule has 0 saturated carbocycles. The molecule has 6 heteroatoms. The van der Waals surface area contributed by atoms with Gasteiger partial charge in [0.15, 0.2) is 5.82 Å². The van der Waals surface area contributed by atoms with E-state index in [0.29, 0.717) is 16.2 Å². The van der Waals surface area contributed by atoms with E-state index in [1.807, 2.05) is 31.2 Å². The topological polar surface area (TPSA) is 46.0 Å². The van der Waals surface area contributed by atoms with Crippen molar-refractivity contribution in [2.75, 3.05) is 0 Å². The first kappa shape index (κ1) is 14.3. The van der Waals surface area contributed by atoms with Gasteiger partial charge >= 0.3 is 0 Å². The summed E-state index contributed by atoms with van der Waals surface area (Å²) in [5.41, 5.74) is 2.40. The van der Waals surface area contributed by atoms with Crippen LogP contribution in [-0.2, 0) is 0 Å². The van der Waals surface area contributed by atoms with Gasteiger partial charge in [-0.25, -0.2) is 9.49 Å². The van der Waals surface area contributed by atoms with Crippen LogP contribution in [0.3, 0.4) is 0 Å². The maximum absolute atomic E-state index is 13.9. The minimum atomic E-state index is -0.371. The van der Waals surface area contributed by atoms with Crippen LogP contribution in [-0.4, -0.2) is 21.1 Å². The summed E-state index contributed by atoms with van der Waals surface area (Å²) >= 11 is 5.17. The van der Waals surface area contributed by atoms with Gasteiger partial charge in [-0.2, -0.15) is 14.9 Å². The Hall–Kier alpha value is -2.60. The highest BCUT2D eigenvalue weighted by Gasteiger charge is 2.12. The van der Waals surface area contributed by atoms with Crippen LogP contribution >= 0.6 is 12.2 Å². The second-order valence-electron chi connectivity index (χ2n) is 4.75. The summed E-state index contributed by atoms with van der Waals surface area (Å²) in [4.78, 5) is 0. The Labute approximate surface area is 131 Å². The lowest BCUT2D eigenvalue weighted by Crippen LogP contribution is -1.97. The molecule has 4 nitrogen and oxygen atoms in total. The van der Waals surface area contributed by atoms with Gasteiger partial charge in [-0.05, 0) is 42.4 Å². The van der Waals surface area contributed by atoms with E-state index in [0.717, 1.165) is 11.1 Å². The quantitative estimate of drug-likeness (QED) is 0.588. The molecule has 1 N–H and O–H groups in total. The van der Waals surface area contributed by atoms with Crippen LogP contribution in [0.2, 0.25) is 0 Å². The number of aryl methyl sites for hydroxylation is 1. The van der Waals surface area contributed by atoms with E-state index in [2.05, 4.69) is 15.3 Å². The lowest BCUT2D eigenvalue weighted by molar-refractivity contribution is 0.628. The molecule has 0 unspecified atom stereocenters. The van der Waals surface area contributed by atoms with Crippen molar-refractivity contribution in [1.29, 1.82) is 0 Å². The summed E-state index contributed by atoms with van der Waals surface area (Å²) in [6.07, 6.45) is 1.69. The molecule has 0 fully saturated rings. The Morgan fingerprint density at radius 2 is 1.91 bits per heavy atom. The van der Waals surface area contributed by atoms with Gasteiger partial charge in [-0.3, -0.25) is 0 Å². The second kappa shape index (κ2) is 6.03. The van der Waals surface area contributed by atoms with E-state index in [1.54, 1.807) is 24.4 Å². The normalized spacial score (nSPS) is 11.2. The summed E-state index contributed by atoms with van der Waals surface area (Å²) in [5.74, 6) is -0.0308. The molecule has 0 spiro atoms. The van der Waals surface area contributed by atoms with Crippen LogP contribution in [0, 0.1) is 17.5 Å². The van der Waals surface area contributed by atoms with E-state index in [1.165, 1.54) is 10.7 Å². The summed E-state index contributed by atoms with van der Waals surface area (Å²) in [6, 6.07) is 14.2. The van der Waals surface area contributed by atoms with E-state index < -0.39 is 0 Å². The van der Waals surface area contributed by atoms with Crippen LogP contribution < -0.4 is 0 Å². The number of nitrogens with zero attached hydrogens (tertiary/aromatic N) is 3. The fraction of sp³-hybridized carbons (Fsp3) is 0.0625. The van der Waals surface area contributed by atoms with Gasteiger partial charge in [0.05, 0.1) is 11.8 Å². The second-order valence-corrected chi connectivity index (χ2v) is 5.13. The molecule has 1 heterocycles. The number of nitrogens with one attached hydrogen (secondary N) is 1. The number of hydrogen-bond donors (Lipinski definition) is 1. The zero-order valence-corrected chi connectivity index (χ0v) is 12.6. The third-order valence-corrected chi connectivity index (χ3v) is 3.53. The number of H-pyrrole nitrogens is 1. The largest absolute Gasteiger partial charge is 0.250 e. The fourth-order valence-electron chi connectivity index (χ4n) is 2.07. The van der Waals surface area contributed by atoms with Crippen molar-refractivity contribution in [3.63, 3.8) is 0 Å². The summed E-state index contributed by atoms with van der Waals surface area (Å²) in [7, 11) is 0. The molecular formula is C16H13FN4S. The van der Waals surface area contributed by atoms with Crippen molar-refractivity contribution in [3.05, 3.63) is 70.2 Å². The van der Waals surface area contributed by atoms with E-state index in [4.69, 9.17) is 12.2 Å². The van der Waals surface area contributed by atoms with Crippen LogP contribution in [0.4, 0.5) is 4.39 Å². The number of halogens is 1. The van der Waals surface area contributed by atoms with Gasteiger partial charge in [0.2, 0.25) is 4.77 Å². The maximum Gasteiger partial charge on any atom is 0.216 e. The highest BCUT2D eigenvalue weighted by Crippen LogP contribution is 2.20. The predicted octanol–water partition coefficient (Wildman–Crippen LogP) is 3.94. The van der Waals surface area contributed by atoms with Gasteiger partial charge in [-0.15, -0.1) is 0 Å². The molecular weight excluding hydrogens is 299 g/mol. The molecule has 3 rings (SSSR count). The van der Waals surface area contributed by atoms with Crippen LogP contribution in [0.5, 0.6) is 0 Å². The molecule has 3 aromatic rings. The lowest BCUT2D eigenvalue weighted by atomic mass is 10.1. The van der Waals surface area contributed by atoms with Crippen molar-refractivity contribution in [2.45, 2.75) is 6.92 Å². The molecule has 0 aliphatic carbocycles. The number of benzene rings is 2. The van der Waals surface area contributed by atoms with Crippen molar-refractivity contribution >= 4 is 18.4 Å². The summed E-state index contributed by atoms with van der Waals surface area (Å²) in [5, 5.41) is 11.1. The monoisotopic (exact) mass is 312 g/mol. The van der Waals surface area contributed by atoms with Gasteiger partial charge < -0.3 is 0 Å². The van der Waals surface area contributed by atoms with E-state index >= 15 is 0 Å². The molecule has 1 aromatic heterocycles. The average molecular weight is 312 g/mol. The number of aromatic nitrogens is 3. The van der Waals surface area contributed by atoms with Crippen molar-refractivity contribution in [1.82, 2.24) is 14.9 Å². The lowest BCUT2D eigenvalue weighted by Gasteiger charge is -2.03. The molecule has 110 valence electrons. The summed E-state index contributed by atoms with van der Waals surface area (Å²) < 4.78 is 15.7. The predicted molar refractivity (Wildman–Crippen MR) is 87.0 cm³/mol. The molecule has 22 heavy (non-hydrogen) atoms. The average Bonchev–Trinajstić information content (AvgIpc) is 2.88. The zero-order chi connectivity index (χ0) is 15.5. The summed E-state index contributed by atoms with van der Waals surface area (Å²) in [6.45, 7) is 1.99. The standard InChI is InChI=1S/C16H13FN4S/c1-11-6-2-3-7-12(11)10-18-21-15(19-20-16(21)22)13-8-4-5-9-14(13)17/h2-10H,1H3,(H,20,22). The Morgan fingerprint density at radius 1 is 1.18 bits per heavy atom. The minimum absolute atomic E-state index is 0.308. The number of aromatic amines is 1. The van der Waals surface area contributed by atoms with Gasteiger partial charge in [0.1, 0.15) is 5.82 Å². The smallest absolute Gasteiger partial charge is 0.216 e. The van der Waals surface area contributed by atoms with Crippen LogP contribution in [0.15, 0.2) is 53.6 Å². The first-order valence-corrected chi connectivity index (χ1v) is 7.10. The first-order chi connectivity index (χ1) is 10.7. The van der Waals surface area contributed by atoms with Gasteiger partial charge in [0.25, 0.3) is 0 Å². The highest BCUT2D eigenvalue weighted by atomic mass is 32.1. The molecule has 0 amide bonds. The van der Waals surface area contributed by atoms with E-state index in [-0.39, 0.29) is 5.82 Å². The van der Waals surface area contributed by atoms with Gasteiger partial charge in [0, 0.05) is 0 Å². The van der Waals surface area contributed by atoms with Crippen molar-refractivity contribution in [3.8, 4) is 11.4 Å². The third kappa shape index (κ3) is 2.73. The molecule has 2 aromatic carbocycles. The Kier molecular flexibility index (Phi) is 3.93. The molecule has 0 aliphatic heterocycles. The van der Waals surface area contributed by atoms with Crippen LogP contribution in [0.25, 0.3) is 11.4 Å². The first-order valence-electron chi connectivity index (χ1n) is 6.69. The fourth-order valence-corrected chi connectivity index (χ4v) is 2.25. The number of hydrogen-bond acceptors (Lipinski definition) is 3. The minimum Gasteiger partial charge on any atom is -0.250 e. The Bertz CT molecular complexity index is 895. The van der Waals surface area contributed by atoms with Gasteiger partial charge in [-0.1, -0.05) is 36.4 Å². The van der Waals surface area contributed by atoms with Crippen molar-refractivity contribution in [2.24, 2.45) is 5.10 Å². The molecule has 0 saturated heterocycles. The Balaban J connectivity index is 2.06. The maximum atomic E-state index is 13.9. The molecule has 0 radical (unpaired) electrons. The SMILES string of the molecule is Cc1ccccc1C=Nn1c(-c2ccccc2F)n[nH]c1=S. The highest BCUT2D eigenvalue weighted by molar-refractivity contribution is 7.71. The molecule has 0 atom stereocenters. The Morgan fingerprint density at radius 3 is 2.68 bits per heavy atom. The zero-order valence-electron chi connectivity index (χ0n) is 11.8. The van der Waals surface area contributed by atoms with Crippen molar-refractivity contribution < 1.29 is 4.39 Å². The van der Waals surface area contributed by atoms with Crippen LogP contribution in [0.1, 0.15) is 11.1 Å². The van der Waals surface area contributed by atoms with E-state index in [9.17, 15) is 4.39 Å². The number of rotatable bonds is 3. The molecule has 0 aliphatic rings. The molecule has 0 bridgehead atoms.